The number of rotatable bonds is 0. The summed E-state index contributed by atoms with van der Waals surface area (Å²) in [4.78, 5) is 0. The van der Waals surface area contributed by atoms with Crippen LogP contribution in [0.3, 0.4) is 0 Å². The summed E-state index contributed by atoms with van der Waals surface area (Å²) < 4.78 is 0. The molecular weight excluding hydrogens is 238 g/mol. The van der Waals surface area contributed by atoms with Crippen molar-refractivity contribution in [3.63, 3.8) is 0 Å². The van der Waals surface area contributed by atoms with E-state index < -0.39 is 5.60 Å². The van der Waals surface area contributed by atoms with Crippen molar-refractivity contribution in [1.29, 1.82) is 0 Å². The molecule has 3 rings (SSSR count). The zero-order chi connectivity index (χ0) is 13.8. The molecule has 108 valence electrons. The van der Waals surface area contributed by atoms with Gasteiger partial charge in [0.1, 0.15) is 0 Å². The lowest BCUT2D eigenvalue weighted by Gasteiger charge is -2.53. The van der Waals surface area contributed by atoms with Crippen molar-refractivity contribution < 1.29 is 10.3 Å². The summed E-state index contributed by atoms with van der Waals surface area (Å²) >= 11 is 0. The fraction of sp³-hybridized carbons (Fsp3) is 0.938. The summed E-state index contributed by atoms with van der Waals surface area (Å²) in [5, 5.41) is 23.4. The highest BCUT2D eigenvalue weighted by Gasteiger charge is 2.60. The average molecular weight is 265 g/mol. The molecule has 3 saturated carbocycles. The fourth-order valence-electron chi connectivity index (χ4n) is 5.53. The Balaban J connectivity index is 1.89. The largest absolute Gasteiger partial charge is 0.411 e. The summed E-state index contributed by atoms with van der Waals surface area (Å²) in [7, 11) is 0. The normalized spacial score (nSPS) is 55.9. The van der Waals surface area contributed by atoms with E-state index in [0.29, 0.717) is 23.7 Å². The van der Waals surface area contributed by atoms with Gasteiger partial charge in [0, 0.05) is 5.92 Å². The minimum absolute atomic E-state index is 0.0990. The number of aliphatic hydroxyl groups is 1. The molecule has 0 heterocycles. The predicted octanol–water partition coefficient (Wildman–Crippen LogP) is 3.44. The predicted molar refractivity (Wildman–Crippen MR) is 75.3 cm³/mol. The minimum Gasteiger partial charge on any atom is -0.411 e. The molecule has 19 heavy (non-hydrogen) atoms. The van der Waals surface area contributed by atoms with E-state index in [0.717, 1.165) is 31.4 Å². The Kier molecular flexibility index (Phi) is 2.97. The lowest BCUT2D eigenvalue weighted by molar-refractivity contribution is -0.102. The summed E-state index contributed by atoms with van der Waals surface area (Å²) in [5.74, 6) is 2.45. The van der Waals surface area contributed by atoms with Gasteiger partial charge in [-0.15, -0.1) is 0 Å². The Bertz CT molecular complexity index is 404. The van der Waals surface area contributed by atoms with Gasteiger partial charge in [0.05, 0.1) is 11.3 Å². The van der Waals surface area contributed by atoms with Crippen LogP contribution in [-0.2, 0) is 0 Å². The van der Waals surface area contributed by atoms with Crippen molar-refractivity contribution in [3.05, 3.63) is 0 Å². The molecule has 0 spiro atoms. The highest BCUT2D eigenvalue weighted by molar-refractivity contribution is 5.87. The van der Waals surface area contributed by atoms with Crippen LogP contribution in [0, 0.1) is 29.1 Å². The maximum atomic E-state index is 10.7. The summed E-state index contributed by atoms with van der Waals surface area (Å²) in [6.07, 6.45) is 6.50. The zero-order valence-corrected chi connectivity index (χ0v) is 12.4. The van der Waals surface area contributed by atoms with Gasteiger partial charge >= 0.3 is 0 Å². The Morgan fingerprint density at radius 1 is 1.11 bits per heavy atom. The number of hydrogen-bond acceptors (Lipinski definition) is 3. The average Bonchev–Trinajstić information content (AvgIpc) is 2.61. The SMILES string of the molecule is C[C@@H]1/C(=N/O)CC[C@@H]2[C@@H]1CC[C@@]1(C)[C@H]2CC[C@]1(C)O. The number of nitrogens with zero attached hydrogens (tertiary/aromatic N) is 1. The van der Waals surface area contributed by atoms with E-state index in [2.05, 4.69) is 19.0 Å². The molecule has 0 aromatic rings. The Hall–Kier alpha value is -0.570. The van der Waals surface area contributed by atoms with Crippen molar-refractivity contribution in [2.45, 2.75) is 64.9 Å². The third kappa shape index (κ3) is 1.70. The number of hydrogen-bond donors (Lipinski definition) is 2. The molecule has 0 amide bonds. The van der Waals surface area contributed by atoms with Crippen LogP contribution in [-0.4, -0.2) is 21.6 Å². The Morgan fingerprint density at radius 3 is 2.53 bits per heavy atom. The van der Waals surface area contributed by atoms with Gasteiger partial charge in [-0.25, -0.2) is 0 Å². The molecule has 3 fully saturated rings. The molecule has 3 heteroatoms. The number of oxime groups is 1. The van der Waals surface area contributed by atoms with Gasteiger partial charge in [0.2, 0.25) is 0 Å². The first-order valence-corrected chi connectivity index (χ1v) is 7.84. The molecule has 3 aliphatic carbocycles. The van der Waals surface area contributed by atoms with Crippen LogP contribution in [0.5, 0.6) is 0 Å². The van der Waals surface area contributed by atoms with Crippen molar-refractivity contribution in [2.24, 2.45) is 34.2 Å². The van der Waals surface area contributed by atoms with E-state index in [-0.39, 0.29) is 5.41 Å². The molecule has 0 unspecified atom stereocenters. The molecule has 3 aliphatic rings. The first kappa shape index (κ1) is 13.4. The summed E-state index contributed by atoms with van der Waals surface area (Å²) in [5.41, 5.74) is 0.605. The van der Waals surface area contributed by atoms with Gasteiger partial charge in [-0.2, -0.15) is 0 Å². The summed E-state index contributed by atoms with van der Waals surface area (Å²) in [6.45, 7) is 6.57. The van der Waals surface area contributed by atoms with Gasteiger partial charge in [-0.3, -0.25) is 0 Å². The van der Waals surface area contributed by atoms with E-state index in [9.17, 15) is 5.11 Å². The van der Waals surface area contributed by atoms with Crippen LogP contribution in [0.15, 0.2) is 5.16 Å². The van der Waals surface area contributed by atoms with Gasteiger partial charge < -0.3 is 10.3 Å². The molecule has 2 N–H and O–H groups in total. The van der Waals surface area contributed by atoms with Gasteiger partial charge in [0.25, 0.3) is 0 Å². The van der Waals surface area contributed by atoms with Gasteiger partial charge in [0.15, 0.2) is 0 Å². The molecule has 0 saturated heterocycles. The molecular formula is C16H27NO2. The molecule has 0 aliphatic heterocycles. The van der Waals surface area contributed by atoms with E-state index in [4.69, 9.17) is 5.21 Å². The number of fused-ring (bicyclic) bond motifs is 3. The monoisotopic (exact) mass is 265 g/mol. The smallest absolute Gasteiger partial charge is 0.0675 e. The molecule has 0 bridgehead atoms. The molecule has 0 radical (unpaired) electrons. The molecule has 0 aromatic heterocycles. The zero-order valence-electron chi connectivity index (χ0n) is 12.4. The maximum absolute atomic E-state index is 10.7. The fourth-order valence-corrected chi connectivity index (χ4v) is 5.53. The second-order valence-electron chi connectivity index (χ2n) is 7.62. The molecule has 6 atom stereocenters. The van der Waals surface area contributed by atoms with E-state index >= 15 is 0 Å². The Morgan fingerprint density at radius 2 is 1.84 bits per heavy atom. The maximum Gasteiger partial charge on any atom is 0.0675 e. The van der Waals surface area contributed by atoms with Crippen LogP contribution in [0.4, 0.5) is 0 Å². The van der Waals surface area contributed by atoms with Gasteiger partial charge in [-0.1, -0.05) is 19.0 Å². The van der Waals surface area contributed by atoms with Crippen molar-refractivity contribution in [1.82, 2.24) is 0 Å². The van der Waals surface area contributed by atoms with Crippen LogP contribution in [0.2, 0.25) is 0 Å². The third-order valence-electron chi connectivity index (χ3n) is 7.08. The lowest BCUT2D eigenvalue weighted by atomic mass is 9.52. The highest BCUT2D eigenvalue weighted by atomic mass is 16.4. The van der Waals surface area contributed by atoms with Crippen LogP contribution >= 0.6 is 0 Å². The van der Waals surface area contributed by atoms with Crippen molar-refractivity contribution in [3.8, 4) is 0 Å². The highest BCUT2D eigenvalue weighted by Crippen LogP contribution is 2.63. The standard InChI is InChI=1S/C16H27NO2/c1-10-11-6-8-15(2)13(7-9-16(15,3)18)12(11)4-5-14(10)17-19/h10-13,18-19H,4-9H2,1-3H3/b17-14+/t10-,11+,12+,13-,15-,16-/m0/s1. The minimum atomic E-state index is -0.489. The first-order valence-electron chi connectivity index (χ1n) is 7.84. The van der Waals surface area contributed by atoms with Crippen LogP contribution < -0.4 is 0 Å². The van der Waals surface area contributed by atoms with E-state index in [1.54, 1.807) is 0 Å². The quantitative estimate of drug-likeness (QED) is 0.521. The van der Waals surface area contributed by atoms with E-state index in [1.807, 2.05) is 6.92 Å². The second kappa shape index (κ2) is 4.21. The topological polar surface area (TPSA) is 52.8 Å². The van der Waals surface area contributed by atoms with Crippen LogP contribution in [0.25, 0.3) is 0 Å². The van der Waals surface area contributed by atoms with Crippen molar-refractivity contribution >= 4 is 5.71 Å². The third-order valence-corrected chi connectivity index (χ3v) is 7.08. The van der Waals surface area contributed by atoms with Crippen LogP contribution in [0.1, 0.15) is 59.3 Å². The molecule has 0 aromatic carbocycles. The van der Waals surface area contributed by atoms with Gasteiger partial charge in [-0.05, 0) is 68.6 Å². The Labute approximate surface area is 116 Å². The first-order chi connectivity index (χ1) is 8.90. The second-order valence-corrected chi connectivity index (χ2v) is 7.62. The molecule has 3 nitrogen and oxygen atoms in total. The van der Waals surface area contributed by atoms with E-state index in [1.165, 1.54) is 12.8 Å². The summed E-state index contributed by atoms with van der Waals surface area (Å²) in [6, 6.07) is 0. The van der Waals surface area contributed by atoms with Crippen molar-refractivity contribution in [2.75, 3.05) is 0 Å². The lowest BCUT2D eigenvalue weighted by Crippen LogP contribution is -2.51.